The lowest BCUT2D eigenvalue weighted by Crippen LogP contribution is -2.31. The minimum absolute atomic E-state index is 0.00404. The molecule has 0 saturated carbocycles. The lowest BCUT2D eigenvalue weighted by molar-refractivity contribution is -0.146. The number of hydrogen-bond donors (Lipinski definition) is 2. The van der Waals surface area contributed by atoms with Gasteiger partial charge in [0.2, 0.25) is 5.88 Å². The molecule has 0 radical (unpaired) electrons. The molecule has 11 nitrogen and oxygen atoms in total. The third-order valence-corrected chi connectivity index (χ3v) is 4.85. The third-order valence-electron chi connectivity index (χ3n) is 4.29. The van der Waals surface area contributed by atoms with Crippen LogP contribution in [0.4, 0.5) is 0 Å². The fourth-order valence-corrected chi connectivity index (χ4v) is 3.39. The summed E-state index contributed by atoms with van der Waals surface area (Å²) >= 11 is 12.6. The molecule has 3 aromatic rings. The second-order valence-corrected chi connectivity index (χ2v) is 7.41. The lowest BCUT2D eigenvalue weighted by atomic mass is 10.1. The van der Waals surface area contributed by atoms with E-state index in [-0.39, 0.29) is 38.5 Å². The molecule has 13 heteroatoms. The average Bonchev–Trinajstić information content (AvgIpc) is 2.72. The first-order chi connectivity index (χ1) is 15.1. The zero-order valence-electron chi connectivity index (χ0n) is 17.1. The lowest BCUT2D eigenvalue weighted by Gasteiger charge is -2.15. The Kier molecular flexibility index (Phi) is 6.80. The third kappa shape index (κ3) is 4.89. The maximum Gasteiger partial charge on any atom is 0.344 e. The molecule has 2 N–H and O–H groups in total. The molecule has 0 bridgehead atoms. The highest BCUT2D eigenvalue weighted by Gasteiger charge is 2.20. The number of hydrogen-bond acceptors (Lipinski definition) is 8. The van der Waals surface area contributed by atoms with Gasteiger partial charge in [0.05, 0.1) is 15.6 Å². The van der Waals surface area contributed by atoms with E-state index in [1.807, 2.05) is 0 Å². The molecule has 0 fully saturated rings. The van der Waals surface area contributed by atoms with Crippen LogP contribution in [0, 0.1) is 0 Å². The summed E-state index contributed by atoms with van der Waals surface area (Å²) in [5, 5.41) is 10.0. The van der Waals surface area contributed by atoms with Crippen LogP contribution < -0.4 is 21.5 Å². The van der Waals surface area contributed by atoms with Crippen molar-refractivity contribution in [1.29, 1.82) is 0 Å². The van der Waals surface area contributed by atoms with Crippen LogP contribution in [0.15, 0.2) is 32.6 Å². The molecule has 32 heavy (non-hydrogen) atoms. The molecule has 0 aliphatic heterocycles. The number of aromatic amines is 2. The molecule has 0 aliphatic carbocycles. The first-order valence-corrected chi connectivity index (χ1v) is 9.98. The summed E-state index contributed by atoms with van der Waals surface area (Å²) in [4.78, 5) is 49.2. The predicted octanol–water partition coefficient (Wildman–Crippen LogP) is 2.33. The average molecular weight is 482 g/mol. The molecule has 3 rings (SSSR count). The van der Waals surface area contributed by atoms with Crippen LogP contribution in [0.2, 0.25) is 10.0 Å². The standard InChI is InChI=1S/C19H17Cl2N5O6/c1-4-13(31-8(2)27)10-7-14(23-24-17(10)28)32-16-11(20)5-9(6-12(16)21)15-18(29)22-19(30)26(3)25-15/h5-7,13H,4H2,1-3H3,(H,24,28)(H,22,29,30). The summed E-state index contributed by atoms with van der Waals surface area (Å²) in [6.45, 7) is 2.98. The molecular weight excluding hydrogens is 465 g/mol. The number of ether oxygens (including phenoxy) is 2. The van der Waals surface area contributed by atoms with E-state index in [1.165, 1.54) is 32.2 Å². The summed E-state index contributed by atoms with van der Waals surface area (Å²) in [5.41, 5.74) is -1.61. The topological polar surface area (TPSA) is 149 Å². The van der Waals surface area contributed by atoms with Gasteiger partial charge in [0.1, 0.15) is 6.10 Å². The van der Waals surface area contributed by atoms with Gasteiger partial charge in [-0.2, -0.15) is 5.10 Å². The largest absolute Gasteiger partial charge is 0.457 e. The number of rotatable bonds is 6. The van der Waals surface area contributed by atoms with Crippen molar-refractivity contribution < 1.29 is 14.3 Å². The van der Waals surface area contributed by atoms with Crippen LogP contribution in [-0.4, -0.2) is 30.9 Å². The summed E-state index contributed by atoms with van der Waals surface area (Å²) < 4.78 is 11.8. The molecular formula is C19H17Cl2N5O6. The number of nitrogens with one attached hydrogen (secondary N) is 2. The molecule has 0 spiro atoms. The smallest absolute Gasteiger partial charge is 0.344 e. The van der Waals surface area contributed by atoms with Crippen molar-refractivity contribution in [2.45, 2.75) is 26.4 Å². The Morgan fingerprint density at radius 1 is 1.16 bits per heavy atom. The van der Waals surface area contributed by atoms with Gasteiger partial charge in [0.25, 0.3) is 11.1 Å². The number of carbonyl (C=O) groups excluding carboxylic acids is 1. The van der Waals surface area contributed by atoms with Gasteiger partial charge in [-0.15, -0.1) is 5.10 Å². The molecule has 0 saturated heterocycles. The zero-order valence-corrected chi connectivity index (χ0v) is 18.6. The Morgan fingerprint density at radius 2 is 1.81 bits per heavy atom. The molecule has 0 aliphatic rings. The number of benzene rings is 1. The van der Waals surface area contributed by atoms with Crippen molar-refractivity contribution in [3.05, 3.63) is 65.0 Å². The fourth-order valence-electron chi connectivity index (χ4n) is 2.83. The van der Waals surface area contributed by atoms with Crippen LogP contribution in [-0.2, 0) is 16.6 Å². The van der Waals surface area contributed by atoms with Gasteiger partial charge >= 0.3 is 11.7 Å². The normalized spacial score (nSPS) is 11.8. The van der Waals surface area contributed by atoms with E-state index in [9.17, 15) is 19.2 Å². The number of aryl methyl sites for hydroxylation is 1. The minimum Gasteiger partial charge on any atom is -0.457 e. The Balaban J connectivity index is 1.99. The molecule has 2 heterocycles. The minimum atomic E-state index is -0.794. The molecule has 1 atom stereocenters. The van der Waals surface area contributed by atoms with Gasteiger partial charge in [-0.05, 0) is 18.6 Å². The van der Waals surface area contributed by atoms with Gasteiger partial charge in [0, 0.05) is 25.6 Å². The summed E-state index contributed by atoms with van der Waals surface area (Å²) in [5.74, 6) is -0.594. The van der Waals surface area contributed by atoms with Crippen molar-refractivity contribution in [3.63, 3.8) is 0 Å². The van der Waals surface area contributed by atoms with Crippen molar-refractivity contribution >= 4 is 29.2 Å². The van der Waals surface area contributed by atoms with Crippen LogP contribution in [0.25, 0.3) is 11.3 Å². The van der Waals surface area contributed by atoms with Gasteiger partial charge in [-0.25, -0.2) is 14.6 Å². The van der Waals surface area contributed by atoms with Crippen LogP contribution in [0.5, 0.6) is 11.6 Å². The highest BCUT2D eigenvalue weighted by atomic mass is 35.5. The monoisotopic (exact) mass is 481 g/mol. The van der Waals surface area contributed by atoms with E-state index in [1.54, 1.807) is 6.92 Å². The zero-order chi connectivity index (χ0) is 23.6. The number of nitrogens with zero attached hydrogens (tertiary/aromatic N) is 3. The highest BCUT2D eigenvalue weighted by Crippen LogP contribution is 2.38. The van der Waals surface area contributed by atoms with E-state index in [0.717, 1.165) is 4.68 Å². The second kappa shape index (κ2) is 9.37. The van der Waals surface area contributed by atoms with E-state index in [4.69, 9.17) is 32.7 Å². The van der Waals surface area contributed by atoms with Crippen molar-refractivity contribution in [3.8, 4) is 22.9 Å². The SMILES string of the molecule is CCC(OC(C)=O)c1cc(Oc2c(Cl)cc(-c3nn(C)c(=O)[nH]c3=O)cc2Cl)n[nH]c1=O. The van der Waals surface area contributed by atoms with Crippen molar-refractivity contribution in [2.75, 3.05) is 0 Å². The van der Waals surface area contributed by atoms with Gasteiger partial charge in [-0.1, -0.05) is 30.1 Å². The summed E-state index contributed by atoms with van der Waals surface area (Å²) in [7, 11) is 1.38. The Bertz CT molecular complexity index is 1340. The molecule has 1 aromatic carbocycles. The van der Waals surface area contributed by atoms with E-state index < -0.39 is 28.9 Å². The second-order valence-electron chi connectivity index (χ2n) is 6.60. The molecule has 1 unspecified atom stereocenters. The van der Waals surface area contributed by atoms with Crippen molar-refractivity contribution in [1.82, 2.24) is 25.0 Å². The van der Waals surface area contributed by atoms with Crippen LogP contribution >= 0.6 is 23.2 Å². The van der Waals surface area contributed by atoms with E-state index in [0.29, 0.717) is 6.42 Å². The molecule has 168 valence electrons. The van der Waals surface area contributed by atoms with Crippen LogP contribution in [0.1, 0.15) is 31.9 Å². The van der Waals surface area contributed by atoms with Crippen LogP contribution in [0.3, 0.4) is 0 Å². The van der Waals surface area contributed by atoms with E-state index in [2.05, 4.69) is 20.3 Å². The summed E-state index contributed by atoms with van der Waals surface area (Å²) in [6.07, 6.45) is -0.443. The van der Waals surface area contributed by atoms with Crippen molar-refractivity contribution in [2.24, 2.45) is 7.05 Å². The molecule has 0 amide bonds. The Labute approximate surface area is 189 Å². The Morgan fingerprint density at radius 3 is 2.41 bits per heavy atom. The van der Waals surface area contributed by atoms with Gasteiger partial charge in [0.15, 0.2) is 11.4 Å². The first kappa shape index (κ1) is 23.2. The Hall–Kier alpha value is -3.44. The maximum absolute atomic E-state index is 12.1. The number of halogens is 2. The van der Waals surface area contributed by atoms with Gasteiger partial charge < -0.3 is 9.47 Å². The number of carbonyl (C=O) groups is 1. The highest BCUT2D eigenvalue weighted by molar-refractivity contribution is 6.37. The fraction of sp³-hybridized carbons (Fsp3) is 0.263. The quantitative estimate of drug-likeness (QED) is 0.509. The number of esters is 1. The summed E-state index contributed by atoms with van der Waals surface area (Å²) in [6, 6.07) is 4.08. The number of H-pyrrole nitrogens is 2. The number of aromatic nitrogens is 5. The maximum atomic E-state index is 12.1. The van der Waals surface area contributed by atoms with Gasteiger partial charge in [-0.3, -0.25) is 19.4 Å². The van der Waals surface area contributed by atoms with E-state index >= 15 is 0 Å². The first-order valence-electron chi connectivity index (χ1n) is 9.22. The predicted molar refractivity (Wildman–Crippen MR) is 115 cm³/mol. The molecule has 2 aromatic heterocycles.